The lowest BCUT2D eigenvalue weighted by atomic mass is 10.0. The van der Waals surface area contributed by atoms with Gasteiger partial charge in [0.1, 0.15) is 18.1 Å². The number of nitrogens with zero attached hydrogens (tertiary/aromatic N) is 2. The molecule has 0 aromatic carbocycles. The number of hydrogen-bond donors (Lipinski definition) is 10. The van der Waals surface area contributed by atoms with E-state index in [-0.39, 0.29) is 44.6 Å². The van der Waals surface area contributed by atoms with Crippen molar-refractivity contribution in [1.82, 2.24) is 25.9 Å². The summed E-state index contributed by atoms with van der Waals surface area (Å²) in [7, 11) is 0. The average molecular weight is 568 g/mol. The Morgan fingerprint density at radius 1 is 0.900 bits per heavy atom. The molecule has 15 N–H and O–H groups in total. The van der Waals surface area contributed by atoms with Crippen molar-refractivity contribution in [3.63, 3.8) is 0 Å². The smallest absolute Gasteiger partial charge is 0.326 e. The molecule has 0 aliphatic carbocycles. The molecule has 1 heterocycles. The molecule has 0 radical (unpaired) electrons. The van der Waals surface area contributed by atoms with E-state index in [0.29, 0.717) is 31.5 Å². The number of aliphatic imine (C=N–C) groups is 1. The van der Waals surface area contributed by atoms with Crippen molar-refractivity contribution in [3.05, 3.63) is 18.2 Å². The molecule has 4 amide bonds. The highest BCUT2D eigenvalue weighted by Crippen LogP contribution is 2.07. The van der Waals surface area contributed by atoms with Gasteiger partial charge in [-0.2, -0.15) is 0 Å². The molecule has 0 aliphatic heterocycles. The molecule has 0 spiro atoms. The summed E-state index contributed by atoms with van der Waals surface area (Å²) in [6, 6.07) is -4.72. The van der Waals surface area contributed by atoms with E-state index in [9.17, 15) is 29.1 Å². The minimum Gasteiger partial charge on any atom is -0.480 e. The summed E-state index contributed by atoms with van der Waals surface area (Å²) >= 11 is 0. The van der Waals surface area contributed by atoms with Crippen molar-refractivity contribution >= 4 is 35.6 Å². The van der Waals surface area contributed by atoms with E-state index in [0.717, 1.165) is 0 Å². The fourth-order valence-electron chi connectivity index (χ4n) is 3.60. The Morgan fingerprint density at radius 2 is 1.55 bits per heavy atom. The number of imidazole rings is 1. The highest BCUT2D eigenvalue weighted by atomic mass is 16.4. The first-order valence-corrected chi connectivity index (χ1v) is 12.8. The van der Waals surface area contributed by atoms with Gasteiger partial charge in [-0.15, -0.1) is 0 Å². The number of aromatic amines is 1. The summed E-state index contributed by atoms with van der Waals surface area (Å²) in [5, 5.41) is 16.9. The van der Waals surface area contributed by atoms with Gasteiger partial charge in [0.05, 0.1) is 12.4 Å². The lowest BCUT2D eigenvalue weighted by molar-refractivity contribution is -0.142. The van der Waals surface area contributed by atoms with Crippen molar-refractivity contribution < 1.29 is 29.1 Å². The van der Waals surface area contributed by atoms with Crippen molar-refractivity contribution in [3.8, 4) is 0 Å². The summed E-state index contributed by atoms with van der Waals surface area (Å²) < 4.78 is 0. The Hall–Kier alpha value is -4.25. The average Bonchev–Trinajstić information content (AvgIpc) is 3.40. The molecule has 1 aromatic rings. The van der Waals surface area contributed by atoms with Crippen LogP contribution in [0.2, 0.25) is 0 Å². The zero-order chi connectivity index (χ0) is 30.1. The Bertz CT molecular complexity index is 997. The van der Waals surface area contributed by atoms with Crippen LogP contribution in [0, 0.1) is 0 Å². The number of nitrogens with one attached hydrogen (secondary N) is 4. The maximum absolute atomic E-state index is 13.3. The lowest BCUT2D eigenvalue weighted by Crippen LogP contribution is -2.57. The third-order valence-corrected chi connectivity index (χ3v) is 5.79. The van der Waals surface area contributed by atoms with E-state index >= 15 is 0 Å². The molecule has 1 rings (SSSR count). The number of carboxylic acid groups (broad SMARTS) is 1. The molecule has 1 aromatic heterocycles. The molecular weight excluding hydrogens is 526 g/mol. The quantitative estimate of drug-likeness (QED) is 0.0414. The molecule has 0 aliphatic rings. The molecular formula is C23H41N11O6. The number of carboxylic acids is 1. The zero-order valence-corrected chi connectivity index (χ0v) is 22.3. The maximum atomic E-state index is 13.3. The molecule has 224 valence electrons. The normalized spacial score (nSPS) is 13.8. The van der Waals surface area contributed by atoms with Crippen LogP contribution in [0.25, 0.3) is 0 Å². The fraction of sp³-hybridized carbons (Fsp3) is 0.609. The molecule has 0 saturated heterocycles. The van der Waals surface area contributed by atoms with E-state index in [1.54, 1.807) is 0 Å². The molecule has 0 saturated carbocycles. The number of carbonyl (C=O) groups excluding carboxylic acids is 4. The predicted molar refractivity (Wildman–Crippen MR) is 145 cm³/mol. The number of aromatic nitrogens is 2. The highest BCUT2D eigenvalue weighted by molar-refractivity contribution is 5.94. The van der Waals surface area contributed by atoms with Crippen LogP contribution in [0.4, 0.5) is 0 Å². The van der Waals surface area contributed by atoms with Gasteiger partial charge in [0.15, 0.2) is 5.96 Å². The highest BCUT2D eigenvalue weighted by Gasteiger charge is 2.30. The van der Waals surface area contributed by atoms with Crippen LogP contribution >= 0.6 is 0 Å². The van der Waals surface area contributed by atoms with Gasteiger partial charge in [-0.3, -0.25) is 24.2 Å². The Balaban J connectivity index is 3.01. The second-order valence-electron chi connectivity index (χ2n) is 9.15. The van der Waals surface area contributed by atoms with E-state index in [2.05, 4.69) is 30.9 Å². The second kappa shape index (κ2) is 18.1. The van der Waals surface area contributed by atoms with Gasteiger partial charge in [-0.1, -0.05) is 0 Å². The van der Waals surface area contributed by atoms with Gasteiger partial charge >= 0.3 is 5.97 Å². The number of nitrogens with two attached hydrogens (primary N) is 5. The van der Waals surface area contributed by atoms with Gasteiger partial charge in [0.25, 0.3) is 0 Å². The predicted octanol–water partition coefficient (Wildman–Crippen LogP) is -3.73. The number of hydrogen-bond acceptors (Lipinski definition) is 9. The third kappa shape index (κ3) is 13.5. The first kappa shape index (κ1) is 33.8. The minimum atomic E-state index is -1.31. The largest absolute Gasteiger partial charge is 0.480 e. The molecule has 4 atom stereocenters. The van der Waals surface area contributed by atoms with Crippen LogP contribution in [0.15, 0.2) is 17.5 Å². The Labute approximate surface area is 231 Å². The van der Waals surface area contributed by atoms with E-state index in [1.807, 2.05) is 0 Å². The Kier molecular flexibility index (Phi) is 15.3. The third-order valence-electron chi connectivity index (χ3n) is 5.79. The molecule has 0 bridgehead atoms. The van der Waals surface area contributed by atoms with Crippen molar-refractivity contribution in [2.24, 2.45) is 33.7 Å². The SMILES string of the molecule is NCCCCC(NC(=O)C(CCC(N)=O)NC(=O)C(Cc1cnc[nH]1)NC(=O)C(N)CCCN=C(N)N)C(=O)O. The van der Waals surface area contributed by atoms with Gasteiger partial charge in [0.2, 0.25) is 23.6 Å². The monoisotopic (exact) mass is 567 g/mol. The summed E-state index contributed by atoms with van der Waals surface area (Å²) in [6.45, 7) is 0.628. The van der Waals surface area contributed by atoms with Gasteiger partial charge in [-0.05, 0) is 45.1 Å². The summed E-state index contributed by atoms with van der Waals surface area (Å²) in [5.41, 5.74) is 27.7. The van der Waals surface area contributed by atoms with Crippen LogP contribution in [-0.2, 0) is 30.4 Å². The van der Waals surface area contributed by atoms with Gasteiger partial charge < -0.3 is 54.7 Å². The van der Waals surface area contributed by atoms with Crippen molar-refractivity contribution in [1.29, 1.82) is 0 Å². The fourth-order valence-corrected chi connectivity index (χ4v) is 3.60. The first-order chi connectivity index (χ1) is 18.9. The molecule has 17 heteroatoms. The lowest BCUT2D eigenvalue weighted by Gasteiger charge is -2.25. The maximum Gasteiger partial charge on any atom is 0.326 e. The number of primary amides is 1. The van der Waals surface area contributed by atoms with Crippen LogP contribution in [0.3, 0.4) is 0 Å². The summed E-state index contributed by atoms with van der Waals surface area (Å²) in [4.78, 5) is 72.6. The summed E-state index contributed by atoms with van der Waals surface area (Å²) in [6.07, 6.45) is 4.13. The minimum absolute atomic E-state index is 0.0285. The van der Waals surface area contributed by atoms with Crippen LogP contribution in [0.1, 0.15) is 50.6 Å². The van der Waals surface area contributed by atoms with Crippen molar-refractivity contribution in [2.45, 2.75) is 75.5 Å². The van der Waals surface area contributed by atoms with Crippen LogP contribution < -0.4 is 44.6 Å². The number of unbranched alkanes of at least 4 members (excludes halogenated alkanes) is 1. The number of H-pyrrole nitrogens is 1. The van der Waals surface area contributed by atoms with Gasteiger partial charge in [0, 0.05) is 31.3 Å². The van der Waals surface area contributed by atoms with Crippen LogP contribution in [-0.4, -0.2) is 87.9 Å². The van der Waals surface area contributed by atoms with E-state index in [4.69, 9.17) is 28.7 Å². The zero-order valence-electron chi connectivity index (χ0n) is 22.3. The first-order valence-electron chi connectivity index (χ1n) is 12.8. The Morgan fingerprint density at radius 3 is 2.12 bits per heavy atom. The van der Waals surface area contributed by atoms with Crippen molar-refractivity contribution in [2.75, 3.05) is 13.1 Å². The number of guanidine groups is 1. The molecule has 4 unspecified atom stereocenters. The molecule has 40 heavy (non-hydrogen) atoms. The molecule has 17 nitrogen and oxygen atoms in total. The molecule has 0 fully saturated rings. The second-order valence-corrected chi connectivity index (χ2v) is 9.15. The van der Waals surface area contributed by atoms with Crippen LogP contribution in [0.5, 0.6) is 0 Å². The number of amides is 4. The number of rotatable bonds is 20. The van der Waals surface area contributed by atoms with E-state index < -0.39 is 53.8 Å². The van der Waals surface area contributed by atoms with Gasteiger partial charge in [-0.25, -0.2) is 9.78 Å². The topological polar surface area (TPSA) is 313 Å². The number of carbonyl (C=O) groups is 5. The number of aliphatic carboxylic acids is 1. The van der Waals surface area contributed by atoms with E-state index in [1.165, 1.54) is 12.5 Å². The standard InChI is InChI=1S/C23H41N11O6/c24-8-2-1-5-16(22(39)40)33-20(37)15(6-7-18(26)35)32-21(38)17(10-13-11-29-12-31-13)34-19(36)14(25)4-3-9-30-23(27)28/h11-12,14-17H,1-10,24-25H2,(H2,26,35)(H,29,31)(H,32,38)(H,33,37)(H,34,36)(H,39,40)(H4,27,28,30). The summed E-state index contributed by atoms with van der Waals surface area (Å²) in [5.74, 6) is -4.29.